The Balaban J connectivity index is 1.98. The molecular formula is C17H17ClF4N4O3S. The van der Waals surface area contributed by atoms with Crippen molar-refractivity contribution in [3.05, 3.63) is 35.8 Å². The number of halogens is 5. The van der Waals surface area contributed by atoms with E-state index in [0.29, 0.717) is 6.20 Å². The van der Waals surface area contributed by atoms with Crippen molar-refractivity contribution in [2.24, 2.45) is 0 Å². The van der Waals surface area contributed by atoms with Crippen LogP contribution in [-0.4, -0.2) is 42.2 Å². The van der Waals surface area contributed by atoms with Gasteiger partial charge in [-0.1, -0.05) is 6.07 Å². The van der Waals surface area contributed by atoms with Gasteiger partial charge in [0.1, 0.15) is 16.3 Å². The van der Waals surface area contributed by atoms with Crippen LogP contribution in [0.2, 0.25) is 0 Å². The van der Waals surface area contributed by atoms with E-state index < -0.39 is 42.9 Å². The van der Waals surface area contributed by atoms with Gasteiger partial charge in [-0.3, -0.25) is 0 Å². The molecular weight excluding hydrogens is 452 g/mol. The maximum Gasteiger partial charge on any atom is 0.421 e. The highest BCUT2D eigenvalue weighted by Crippen LogP contribution is 2.37. The number of hydrogen-bond donors (Lipinski definition) is 2. The zero-order valence-electron chi connectivity index (χ0n) is 15.5. The number of alkyl halides is 3. The van der Waals surface area contributed by atoms with Gasteiger partial charge < -0.3 is 15.3 Å². The lowest BCUT2D eigenvalue weighted by molar-refractivity contribution is -0.137. The van der Waals surface area contributed by atoms with Crippen LogP contribution >= 0.6 is 10.7 Å². The van der Waals surface area contributed by atoms with Crippen molar-refractivity contribution in [1.29, 1.82) is 0 Å². The summed E-state index contributed by atoms with van der Waals surface area (Å²) in [4.78, 5) is 8.05. The Hall–Kier alpha value is -2.18. The van der Waals surface area contributed by atoms with Crippen LogP contribution in [0, 0.1) is 5.82 Å². The summed E-state index contributed by atoms with van der Waals surface area (Å²) >= 11 is 0. The Bertz CT molecular complexity index is 1050. The van der Waals surface area contributed by atoms with Gasteiger partial charge in [0, 0.05) is 30.0 Å². The van der Waals surface area contributed by atoms with Gasteiger partial charge in [0.15, 0.2) is 5.82 Å². The van der Waals surface area contributed by atoms with Crippen molar-refractivity contribution in [1.82, 2.24) is 9.97 Å². The van der Waals surface area contributed by atoms with Crippen LogP contribution in [0.3, 0.4) is 0 Å². The monoisotopic (exact) mass is 468 g/mol. The van der Waals surface area contributed by atoms with Crippen LogP contribution in [0.15, 0.2) is 29.3 Å². The first kappa shape index (κ1) is 22.5. The summed E-state index contributed by atoms with van der Waals surface area (Å²) in [5.74, 6) is -2.00. The number of nitrogens with one attached hydrogen (secondary N) is 1. The minimum Gasteiger partial charge on any atom is -0.390 e. The highest BCUT2D eigenvalue weighted by atomic mass is 35.7. The van der Waals surface area contributed by atoms with Gasteiger partial charge in [0.25, 0.3) is 9.05 Å². The van der Waals surface area contributed by atoms with Crippen LogP contribution in [-0.2, 0) is 15.2 Å². The molecule has 0 radical (unpaired) electrons. The molecule has 0 aliphatic carbocycles. The standard InChI is InChI=1S/C17H17ClF4N4O3S/c1-16(27)5-7-26(8-6-16)14-10(17(20,21)22)9-23-15(25-14)24-11-3-2-4-12(13(11)19)30(18,28)29/h2-4,9,27H,5-8H2,1H3,(H,23,24,25). The van der Waals surface area contributed by atoms with E-state index in [1.54, 1.807) is 6.92 Å². The van der Waals surface area contributed by atoms with Crippen LogP contribution in [0.1, 0.15) is 25.3 Å². The van der Waals surface area contributed by atoms with Gasteiger partial charge >= 0.3 is 6.18 Å². The molecule has 0 saturated carbocycles. The van der Waals surface area contributed by atoms with Crippen LogP contribution in [0.5, 0.6) is 0 Å². The second-order valence-electron chi connectivity index (χ2n) is 7.09. The zero-order chi connectivity index (χ0) is 22.3. The molecule has 7 nitrogen and oxygen atoms in total. The van der Waals surface area contributed by atoms with Gasteiger partial charge in [-0.15, -0.1) is 0 Å². The second kappa shape index (κ2) is 7.82. The molecule has 164 valence electrons. The maximum absolute atomic E-state index is 14.5. The third kappa shape index (κ3) is 4.93. The number of benzene rings is 1. The molecule has 1 saturated heterocycles. The number of anilines is 3. The lowest BCUT2D eigenvalue weighted by Crippen LogP contribution is -2.43. The summed E-state index contributed by atoms with van der Waals surface area (Å²) in [6.45, 7) is 1.85. The van der Waals surface area contributed by atoms with Crippen molar-refractivity contribution in [2.45, 2.75) is 36.4 Å². The minimum absolute atomic E-state index is 0.126. The lowest BCUT2D eigenvalue weighted by atomic mass is 9.94. The highest BCUT2D eigenvalue weighted by molar-refractivity contribution is 8.13. The average molecular weight is 469 g/mol. The van der Waals surface area contributed by atoms with Crippen LogP contribution < -0.4 is 10.2 Å². The Morgan fingerprint density at radius 3 is 2.47 bits per heavy atom. The maximum atomic E-state index is 14.5. The predicted molar refractivity (Wildman–Crippen MR) is 102 cm³/mol. The second-order valence-corrected chi connectivity index (χ2v) is 9.63. The summed E-state index contributed by atoms with van der Waals surface area (Å²) in [7, 11) is 0.806. The van der Waals surface area contributed by atoms with E-state index in [9.17, 15) is 31.1 Å². The molecule has 0 bridgehead atoms. The molecule has 1 aliphatic heterocycles. The lowest BCUT2D eigenvalue weighted by Gasteiger charge is -2.37. The van der Waals surface area contributed by atoms with E-state index in [1.165, 1.54) is 17.0 Å². The topological polar surface area (TPSA) is 95.4 Å². The molecule has 0 atom stereocenters. The van der Waals surface area contributed by atoms with Crippen LogP contribution in [0.4, 0.5) is 35.0 Å². The number of nitrogens with zero attached hydrogens (tertiary/aromatic N) is 3. The summed E-state index contributed by atoms with van der Waals surface area (Å²) in [6.07, 6.45) is -3.69. The molecule has 13 heteroatoms. The van der Waals surface area contributed by atoms with Gasteiger partial charge in [-0.25, -0.2) is 17.8 Å². The van der Waals surface area contributed by atoms with E-state index in [4.69, 9.17) is 10.7 Å². The Morgan fingerprint density at radius 2 is 1.90 bits per heavy atom. The van der Waals surface area contributed by atoms with E-state index in [2.05, 4.69) is 15.3 Å². The molecule has 2 aromatic rings. The van der Waals surface area contributed by atoms with Gasteiger partial charge in [0.2, 0.25) is 5.95 Å². The smallest absolute Gasteiger partial charge is 0.390 e. The largest absolute Gasteiger partial charge is 0.421 e. The molecule has 1 aromatic heterocycles. The normalized spacial score (nSPS) is 17.1. The molecule has 1 fully saturated rings. The Morgan fingerprint density at radius 1 is 1.27 bits per heavy atom. The van der Waals surface area contributed by atoms with E-state index in [1.807, 2.05) is 0 Å². The SMILES string of the molecule is CC1(O)CCN(c2nc(Nc3cccc(S(=O)(=O)Cl)c3F)ncc2C(F)(F)F)CC1. The predicted octanol–water partition coefficient (Wildman–Crippen LogP) is 3.66. The van der Waals surface area contributed by atoms with E-state index in [-0.39, 0.29) is 37.6 Å². The van der Waals surface area contributed by atoms with E-state index >= 15 is 0 Å². The zero-order valence-corrected chi connectivity index (χ0v) is 17.1. The molecule has 1 aliphatic rings. The number of piperidine rings is 1. The number of hydrogen-bond acceptors (Lipinski definition) is 7. The van der Waals surface area contributed by atoms with Crippen molar-refractivity contribution in [3.8, 4) is 0 Å². The van der Waals surface area contributed by atoms with Gasteiger partial charge in [0.05, 0.1) is 11.3 Å². The number of rotatable bonds is 4. The van der Waals surface area contributed by atoms with Gasteiger partial charge in [-0.2, -0.15) is 18.2 Å². The fourth-order valence-electron chi connectivity index (χ4n) is 2.99. The summed E-state index contributed by atoms with van der Waals surface area (Å²) < 4.78 is 77.7. The highest BCUT2D eigenvalue weighted by Gasteiger charge is 2.38. The Labute approximate surface area is 174 Å². The minimum atomic E-state index is -4.73. The summed E-state index contributed by atoms with van der Waals surface area (Å²) in [5.41, 5.74) is -2.43. The first-order valence-electron chi connectivity index (χ1n) is 8.70. The number of aromatic nitrogens is 2. The quantitative estimate of drug-likeness (QED) is 0.522. The molecule has 30 heavy (non-hydrogen) atoms. The Kier molecular flexibility index (Phi) is 5.87. The summed E-state index contributed by atoms with van der Waals surface area (Å²) in [5, 5.41) is 12.4. The third-order valence-corrected chi connectivity index (χ3v) is 6.03. The first-order valence-corrected chi connectivity index (χ1v) is 11.0. The van der Waals surface area contributed by atoms with Crippen molar-refractivity contribution in [2.75, 3.05) is 23.3 Å². The fraction of sp³-hybridized carbons (Fsp3) is 0.412. The molecule has 2 N–H and O–H groups in total. The van der Waals surface area contributed by atoms with E-state index in [0.717, 1.165) is 6.07 Å². The molecule has 1 aromatic carbocycles. The van der Waals surface area contributed by atoms with Crippen LogP contribution in [0.25, 0.3) is 0 Å². The van der Waals surface area contributed by atoms with Gasteiger partial charge in [-0.05, 0) is 31.9 Å². The molecule has 0 spiro atoms. The molecule has 0 unspecified atom stereocenters. The summed E-state index contributed by atoms with van der Waals surface area (Å²) in [6, 6.07) is 3.32. The first-order chi connectivity index (χ1) is 13.8. The number of aliphatic hydroxyl groups is 1. The molecule has 2 heterocycles. The van der Waals surface area contributed by atoms with Crippen molar-refractivity contribution >= 4 is 37.2 Å². The fourth-order valence-corrected chi connectivity index (χ4v) is 3.91. The third-order valence-electron chi connectivity index (χ3n) is 4.69. The molecule has 3 rings (SSSR count). The van der Waals surface area contributed by atoms with Crippen molar-refractivity contribution < 1.29 is 31.1 Å². The molecule has 0 amide bonds. The average Bonchev–Trinajstić information content (AvgIpc) is 2.61. The van der Waals surface area contributed by atoms with Crippen molar-refractivity contribution in [3.63, 3.8) is 0 Å².